The molecule has 2 unspecified atom stereocenters. The van der Waals surface area contributed by atoms with Gasteiger partial charge in [0.25, 0.3) is 0 Å². The molecule has 0 saturated heterocycles. The zero-order chi connectivity index (χ0) is 13.8. The minimum atomic E-state index is -0.885. The molecule has 2 rings (SSSR count). The van der Waals surface area contributed by atoms with Crippen LogP contribution in [0.1, 0.15) is 18.4 Å². The molecule has 1 saturated carbocycles. The van der Waals surface area contributed by atoms with Crippen molar-refractivity contribution in [2.75, 3.05) is 7.11 Å². The number of aliphatic carboxylic acids is 1. The first-order chi connectivity index (χ1) is 9.13. The highest BCUT2D eigenvalue weighted by atomic mass is 16.5. The van der Waals surface area contributed by atoms with E-state index in [1.54, 1.807) is 7.11 Å². The predicted octanol–water partition coefficient (Wildman–Crippen LogP) is 1.42. The van der Waals surface area contributed by atoms with Crippen LogP contribution in [0.2, 0.25) is 0 Å². The zero-order valence-electron chi connectivity index (χ0n) is 10.8. The van der Waals surface area contributed by atoms with Crippen LogP contribution in [-0.4, -0.2) is 24.1 Å². The summed E-state index contributed by atoms with van der Waals surface area (Å²) in [5.74, 6) is -1.29. The van der Waals surface area contributed by atoms with Crippen LogP contribution in [-0.2, 0) is 16.1 Å². The smallest absolute Gasteiger partial charge is 0.307 e. The lowest BCUT2D eigenvalue weighted by Crippen LogP contribution is -2.43. The van der Waals surface area contributed by atoms with Crippen molar-refractivity contribution < 1.29 is 19.4 Å². The van der Waals surface area contributed by atoms with Gasteiger partial charge in [0.15, 0.2) is 0 Å². The van der Waals surface area contributed by atoms with Gasteiger partial charge >= 0.3 is 5.97 Å². The Bertz CT molecular complexity index is 486. The maximum Gasteiger partial charge on any atom is 0.307 e. The van der Waals surface area contributed by atoms with Crippen LogP contribution in [0.25, 0.3) is 0 Å². The second-order valence-corrected chi connectivity index (χ2v) is 4.66. The molecule has 0 spiro atoms. The number of hydrogen-bond donors (Lipinski definition) is 2. The Morgan fingerprint density at radius 1 is 1.32 bits per heavy atom. The number of carboxylic acids is 1. The van der Waals surface area contributed by atoms with E-state index < -0.39 is 17.8 Å². The lowest BCUT2D eigenvalue weighted by molar-refractivity contribution is -0.152. The zero-order valence-corrected chi connectivity index (χ0v) is 10.8. The van der Waals surface area contributed by atoms with Gasteiger partial charge in [0.2, 0.25) is 5.91 Å². The number of carbonyl (C=O) groups excluding carboxylic acids is 1. The standard InChI is InChI=1S/C14H17NO4/c1-19-12-5-3-2-4-9(12)8-15-13(16)10-6-7-11(10)14(17)18/h2-5,10-11H,6-8H2,1H3,(H,15,16)(H,17,18). The van der Waals surface area contributed by atoms with Gasteiger partial charge in [-0.05, 0) is 18.9 Å². The summed E-state index contributed by atoms with van der Waals surface area (Å²) >= 11 is 0. The topological polar surface area (TPSA) is 75.6 Å². The number of amides is 1. The molecule has 2 N–H and O–H groups in total. The van der Waals surface area contributed by atoms with Gasteiger partial charge in [-0.25, -0.2) is 0 Å². The first-order valence-electron chi connectivity index (χ1n) is 6.26. The molecule has 102 valence electrons. The number of rotatable bonds is 5. The summed E-state index contributed by atoms with van der Waals surface area (Å²) in [4.78, 5) is 22.8. The van der Waals surface area contributed by atoms with Gasteiger partial charge in [-0.15, -0.1) is 0 Å². The lowest BCUT2D eigenvalue weighted by atomic mass is 9.73. The summed E-state index contributed by atoms with van der Waals surface area (Å²) in [5, 5.41) is 11.7. The SMILES string of the molecule is COc1ccccc1CNC(=O)C1CCC1C(=O)O. The highest BCUT2D eigenvalue weighted by Crippen LogP contribution is 2.34. The van der Waals surface area contributed by atoms with E-state index >= 15 is 0 Å². The fourth-order valence-electron chi connectivity index (χ4n) is 2.27. The highest BCUT2D eigenvalue weighted by molar-refractivity contribution is 5.86. The fourth-order valence-corrected chi connectivity index (χ4v) is 2.27. The van der Waals surface area contributed by atoms with Gasteiger partial charge in [0, 0.05) is 12.1 Å². The molecule has 0 radical (unpaired) electrons. The summed E-state index contributed by atoms with van der Waals surface area (Å²) in [7, 11) is 1.58. The summed E-state index contributed by atoms with van der Waals surface area (Å²) in [6.45, 7) is 0.353. The summed E-state index contributed by atoms with van der Waals surface area (Å²) in [6, 6.07) is 7.42. The molecule has 1 amide bonds. The van der Waals surface area contributed by atoms with Crippen molar-refractivity contribution in [1.29, 1.82) is 0 Å². The second-order valence-electron chi connectivity index (χ2n) is 4.66. The Balaban J connectivity index is 1.92. The second kappa shape index (κ2) is 5.73. The maximum atomic E-state index is 11.9. The molecular formula is C14H17NO4. The molecule has 2 atom stereocenters. The number of benzene rings is 1. The molecule has 0 aliphatic heterocycles. The van der Waals surface area contributed by atoms with Crippen LogP contribution in [0.3, 0.4) is 0 Å². The maximum absolute atomic E-state index is 11.9. The molecule has 1 aliphatic carbocycles. The van der Waals surface area contributed by atoms with Gasteiger partial charge in [-0.2, -0.15) is 0 Å². The van der Waals surface area contributed by atoms with E-state index in [0.29, 0.717) is 25.1 Å². The number of nitrogens with one attached hydrogen (secondary N) is 1. The van der Waals surface area contributed by atoms with Crippen LogP contribution >= 0.6 is 0 Å². The third kappa shape index (κ3) is 2.86. The van der Waals surface area contributed by atoms with E-state index in [0.717, 1.165) is 5.56 Å². The van der Waals surface area contributed by atoms with E-state index in [2.05, 4.69) is 5.32 Å². The number of para-hydroxylation sites is 1. The van der Waals surface area contributed by atoms with Crippen molar-refractivity contribution in [2.24, 2.45) is 11.8 Å². The van der Waals surface area contributed by atoms with Gasteiger partial charge in [-0.1, -0.05) is 18.2 Å². The summed E-state index contributed by atoms with van der Waals surface area (Å²) < 4.78 is 5.19. The molecule has 19 heavy (non-hydrogen) atoms. The molecular weight excluding hydrogens is 246 g/mol. The number of methoxy groups -OCH3 is 1. The number of carboxylic acid groups (broad SMARTS) is 1. The van der Waals surface area contributed by atoms with Crippen LogP contribution in [0.15, 0.2) is 24.3 Å². The molecule has 0 heterocycles. The van der Waals surface area contributed by atoms with Crippen molar-refractivity contribution in [3.63, 3.8) is 0 Å². The minimum Gasteiger partial charge on any atom is -0.496 e. The first-order valence-corrected chi connectivity index (χ1v) is 6.26. The molecule has 1 fully saturated rings. The van der Waals surface area contributed by atoms with Crippen LogP contribution in [0, 0.1) is 11.8 Å². The Hall–Kier alpha value is -2.04. The normalized spacial score (nSPS) is 21.3. The van der Waals surface area contributed by atoms with Crippen molar-refractivity contribution in [3.05, 3.63) is 29.8 Å². The molecule has 0 bridgehead atoms. The average molecular weight is 263 g/mol. The molecule has 5 heteroatoms. The van der Waals surface area contributed by atoms with E-state index in [-0.39, 0.29) is 5.91 Å². The number of carbonyl (C=O) groups is 2. The van der Waals surface area contributed by atoms with Crippen molar-refractivity contribution in [1.82, 2.24) is 5.32 Å². The third-order valence-electron chi connectivity index (χ3n) is 3.57. The molecule has 5 nitrogen and oxygen atoms in total. The van der Waals surface area contributed by atoms with Crippen molar-refractivity contribution in [2.45, 2.75) is 19.4 Å². The van der Waals surface area contributed by atoms with Crippen LogP contribution in [0.4, 0.5) is 0 Å². The van der Waals surface area contributed by atoms with Crippen molar-refractivity contribution in [3.8, 4) is 5.75 Å². The molecule has 0 aromatic heterocycles. The quantitative estimate of drug-likeness (QED) is 0.842. The van der Waals surface area contributed by atoms with Crippen molar-refractivity contribution >= 4 is 11.9 Å². The minimum absolute atomic E-state index is 0.190. The van der Waals surface area contributed by atoms with E-state index in [9.17, 15) is 9.59 Å². The summed E-state index contributed by atoms with van der Waals surface area (Å²) in [5.41, 5.74) is 0.879. The fraction of sp³-hybridized carbons (Fsp3) is 0.429. The largest absolute Gasteiger partial charge is 0.496 e. The number of hydrogen-bond acceptors (Lipinski definition) is 3. The lowest BCUT2D eigenvalue weighted by Gasteiger charge is -2.31. The van der Waals surface area contributed by atoms with Gasteiger partial charge in [0.05, 0.1) is 18.9 Å². The van der Waals surface area contributed by atoms with E-state index in [1.165, 1.54) is 0 Å². The molecule has 1 aliphatic rings. The highest BCUT2D eigenvalue weighted by Gasteiger charge is 2.41. The molecule has 1 aromatic carbocycles. The van der Waals surface area contributed by atoms with Gasteiger partial charge in [-0.3, -0.25) is 9.59 Å². The van der Waals surface area contributed by atoms with E-state index in [4.69, 9.17) is 9.84 Å². The average Bonchev–Trinajstić information content (AvgIpc) is 2.34. The molecule has 1 aromatic rings. The Kier molecular flexibility index (Phi) is 4.04. The summed E-state index contributed by atoms with van der Waals surface area (Å²) in [6.07, 6.45) is 1.23. The predicted molar refractivity (Wildman–Crippen MR) is 68.7 cm³/mol. The van der Waals surface area contributed by atoms with Crippen LogP contribution < -0.4 is 10.1 Å². The Labute approximate surface area is 111 Å². The monoisotopic (exact) mass is 263 g/mol. The van der Waals surface area contributed by atoms with Crippen LogP contribution in [0.5, 0.6) is 5.75 Å². The van der Waals surface area contributed by atoms with Gasteiger partial charge < -0.3 is 15.2 Å². The van der Waals surface area contributed by atoms with Gasteiger partial charge in [0.1, 0.15) is 5.75 Å². The number of ether oxygens (including phenoxy) is 1. The third-order valence-corrected chi connectivity index (χ3v) is 3.57. The Morgan fingerprint density at radius 3 is 2.58 bits per heavy atom. The van der Waals surface area contributed by atoms with E-state index in [1.807, 2.05) is 24.3 Å². The Morgan fingerprint density at radius 2 is 2.00 bits per heavy atom. The first kappa shape index (κ1) is 13.4.